The molecule has 0 fully saturated rings. The molecular weight excluding hydrogens is 522 g/mol. The minimum atomic E-state index is -4.57. The average Bonchev–Trinajstić information content (AvgIpc) is 2.84. The number of benzene rings is 3. The van der Waals surface area contributed by atoms with Gasteiger partial charge in [-0.1, -0.05) is 29.3 Å². The lowest BCUT2D eigenvalue weighted by Gasteiger charge is -2.12. The number of methoxy groups -OCH3 is 1. The van der Waals surface area contributed by atoms with E-state index in [1.807, 2.05) is 0 Å². The summed E-state index contributed by atoms with van der Waals surface area (Å²) >= 11 is 11.8. The second kappa shape index (κ2) is 11.8. The lowest BCUT2D eigenvalue weighted by atomic mass is 10.1. The maximum atomic E-state index is 12.8. The first kappa shape index (κ1) is 26.8. The van der Waals surface area contributed by atoms with Crippen LogP contribution < -0.4 is 20.2 Å². The zero-order valence-electron chi connectivity index (χ0n) is 18.5. The van der Waals surface area contributed by atoms with Crippen molar-refractivity contribution in [2.24, 2.45) is 5.10 Å². The molecule has 0 aliphatic heterocycles. The molecule has 0 aliphatic rings. The first-order valence-electron chi connectivity index (χ1n) is 10.1. The van der Waals surface area contributed by atoms with Gasteiger partial charge in [0.15, 0.2) is 18.1 Å². The molecule has 3 aromatic carbocycles. The molecule has 0 aliphatic carbocycles. The Balaban J connectivity index is 1.58. The Labute approximate surface area is 213 Å². The first-order valence-corrected chi connectivity index (χ1v) is 10.9. The number of alkyl halides is 3. The highest BCUT2D eigenvalue weighted by Gasteiger charge is 2.30. The van der Waals surface area contributed by atoms with Crippen LogP contribution in [0.1, 0.15) is 21.5 Å². The summed E-state index contributed by atoms with van der Waals surface area (Å²) in [6.45, 7) is -0.322. The number of hydrogen-bond donors (Lipinski definition) is 2. The van der Waals surface area contributed by atoms with Crippen LogP contribution in [0.25, 0.3) is 0 Å². The number of nitrogens with zero attached hydrogens (tertiary/aromatic N) is 1. The fourth-order valence-electron chi connectivity index (χ4n) is 2.86. The summed E-state index contributed by atoms with van der Waals surface area (Å²) in [7, 11) is 1.40. The number of ether oxygens (including phenoxy) is 2. The van der Waals surface area contributed by atoms with Crippen LogP contribution in [-0.4, -0.2) is 31.7 Å². The summed E-state index contributed by atoms with van der Waals surface area (Å²) in [5, 5.41) is 7.03. The van der Waals surface area contributed by atoms with Gasteiger partial charge in [-0.05, 0) is 60.2 Å². The van der Waals surface area contributed by atoms with Crippen LogP contribution in [0.2, 0.25) is 10.0 Å². The molecule has 0 radical (unpaired) electrons. The Morgan fingerprint density at radius 3 is 2.47 bits per heavy atom. The maximum Gasteiger partial charge on any atom is 0.416 e. The normalized spacial score (nSPS) is 11.3. The molecule has 0 saturated carbocycles. The van der Waals surface area contributed by atoms with E-state index >= 15 is 0 Å². The summed E-state index contributed by atoms with van der Waals surface area (Å²) in [4.78, 5) is 24.3. The Morgan fingerprint density at radius 1 is 1.00 bits per heavy atom. The van der Waals surface area contributed by atoms with Gasteiger partial charge in [0.05, 0.1) is 28.9 Å². The molecule has 7 nitrogen and oxygen atoms in total. The third-order valence-corrected chi connectivity index (χ3v) is 5.32. The number of carbonyl (C=O) groups is 2. The van der Waals surface area contributed by atoms with E-state index < -0.39 is 23.6 Å². The number of nitrogens with one attached hydrogen (secondary N) is 2. The van der Waals surface area contributed by atoms with Crippen molar-refractivity contribution in [3.8, 4) is 11.5 Å². The van der Waals surface area contributed by atoms with Gasteiger partial charge in [-0.2, -0.15) is 18.3 Å². The SMILES string of the molecule is COc1cc(/C=N/NC(=O)c2cccc(C(F)(F)F)c2)ccc1OCC(=O)Nc1ccc(Cl)c(Cl)c1. The quantitative estimate of drug-likeness (QED) is 0.279. The number of anilines is 1. The van der Waals surface area contributed by atoms with Crippen molar-refractivity contribution in [1.29, 1.82) is 0 Å². The topological polar surface area (TPSA) is 89.0 Å². The van der Waals surface area contributed by atoms with Crippen LogP contribution in [0.4, 0.5) is 18.9 Å². The van der Waals surface area contributed by atoms with E-state index in [9.17, 15) is 22.8 Å². The van der Waals surface area contributed by atoms with Crippen molar-refractivity contribution >= 4 is 46.9 Å². The van der Waals surface area contributed by atoms with Crippen molar-refractivity contribution in [3.63, 3.8) is 0 Å². The molecule has 0 spiro atoms. The van der Waals surface area contributed by atoms with E-state index in [0.29, 0.717) is 21.3 Å². The lowest BCUT2D eigenvalue weighted by molar-refractivity contribution is -0.137. The van der Waals surface area contributed by atoms with Crippen molar-refractivity contribution < 1.29 is 32.2 Å². The highest BCUT2D eigenvalue weighted by atomic mass is 35.5. The Kier molecular flexibility index (Phi) is 8.78. The van der Waals surface area contributed by atoms with Crippen molar-refractivity contribution in [2.45, 2.75) is 6.18 Å². The minimum absolute atomic E-state index is 0.192. The van der Waals surface area contributed by atoms with Gasteiger partial charge in [-0.25, -0.2) is 5.43 Å². The monoisotopic (exact) mass is 539 g/mol. The zero-order chi connectivity index (χ0) is 26.3. The summed E-state index contributed by atoms with van der Waals surface area (Å²) in [6, 6.07) is 13.3. The van der Waals surface area contributed by atoms with E-state index in [1.54, 1.807) is 18.2 Å². The van der Waals surface area contributed by atoms with Crippen LogP contribution in [0.5, 0.6) is 11.5 Å². The van der Waals surface area contributed by atoms with Crippen LogP contribution in [0.15, 0.2) is 65.8 Å². The number of hydrazone groups is 1. The van der Waals surface area contributed by atoms with Crippen LogP contribution in [0.3, 0.4) is 0 Å². The molecule has 0 bridgehead atoms. The fraction of sp³-hybridized carbons (Fsp3) is 0.125. The molecule has 2 amide bonds. The Morgan fingerprint density at radius 2 is 1.78 bits per heavy atom. The average molecular weight is 540 g/mol. The highest BCUT2D eigenvalue weighted by Crippen LogP contribution is 2.30. The summed E-state index contributed by atoms with van der Waals surface area (Å²) in [5.41, 5.74) is 1.97. The third-order valence-electron chi connectivity index (χ3n) is 4.58. The molecular formula is C24H18Cl2F3N3O4. The molecule has 188 valence electrons. The molecule has 2 N–H and O–H groups in total. The van der Waals surface area contributed by atoms with Gasteiger partial charge in [0.1, 0.15) is 0 Å². The number of carbonyl (C=O) groups excluding carboxylic acids is 2. The van der Waals surface area contributed by atoms with Crippen LogP contribution >= 0.6 is 23.2 Å². The van der Waals surface area contributed by atoms with E-state index in [1.165, 1.54) is 37.6 Å². The van der Waals surface area contributed by atoms with Gasteiger partial charge in [-0.3, -0.25) is 9.59 Å². The van der Waals surface area contributed by atoms with E-state index in [0.717, 1.165) is 18.2 Å². The second-order valence-electron chi connectivity index (χ2n) is 7.15. The van der Waals surface area contributed by atoms with Crippen molar-refractivity contribution in [1.82, 2.24) is 5.43 Å². The van der Waals surface area contributed by atoms with Gasteiger partial charge in [0, 0.05) is 11.3 Å². The first-order chi connectivity index (χ1) is 17.1. The molecule has 12 heteroatoms. The fourth-order valence-corrected chi connectivity index (χ4v) is 3.16. The molecule has 36 heavy (non-hydrogen) atoms. The standard InChI is InChI=1S/C24H18Cl2F3N3O4/c1-35-21-9-14(12-30-32-23(34)15-3-2-4-16(10-15)24(27,28)29)5-8-20(21)36-13-22(33)31-17-6-7-18(25)19(26)11-17/h2-12H,13H2,1H3,(H,31,33)(H,32,34)/b30-12+. The largest absolute Gasteiger partial charge is 0.493 e. The van der Waals surface area contributed by atoms with Gasteiger partial charge >= 0.3 is 6.18 Å². The molecule has 3 aromatic rings. The molecule has 0 heterocycles. The zero-order valence-corrected chi connectivity index (χ0v) is 20.0. The van der Waals surface area contributed by atoms with E-state index in [4.69, 9.17) is 32.7 Å². The van der Waals surface area contributed by atoms with Gasteiger partial charge in [0.25, 0.3) is 11.8 Å². The van der Waals surface area contributed by atoms with E-state index in [2.05, 4.69) is 15.8 Å². The van der Waals surface area contributed by atoms with Crippen molar-refractivity contribution in [2.75, 3.05) is 19.0 Å². The predicted octanol–water partition coefficient (Wildman–Crippen LogP) is 5.80. The number of halogens is 5. The number of rotatable bonds is 8. The Hall–Kier alpha value is -3.76. The van der Waals surface area contributed by atoms with Gasteiger partial charge in [0.2, 0.25) is 0 Å². The van der Waals surface area contributed by atoms with E-state index in [-0.39, 0.29) is 23.7 Å². The molecule has 0 aromatic heterocycles. The maximum absolute atomic E-state index is 12.8. The van der Waals surface area contributed by atoms with Crippen LogP contribution in [-0.2, 0) is 11.0 Å². The molecule has 0 unspecified atom stereocenters. The lowest BCUT2D eigenvalue weighted by Crippen LogP contribution is -2.20. The third kappa shape index (κ3) is 7.37. The smallest absolute Gasteiger partial charge is 0.416 e. The van der Waals surface area contributed by atoms with Gasteiger partial charge < -0.3 is 14.8 Å². The van der Waals surface area contributed by atoms with Gasteiger partial charge in [-0.15, -0.1) is 0 Å². The predicted molar refractivity (Wildman–Crippen MR) is 130 cm³/mol. The van der Waals surface area contributed by atoms with Crippen LogP contribution in [0, 0.1) is 0 Å². The summed E-state index contributed by atoms with van der Waals surface area (Å²) in [5.74, 6) is -0.701. The molecule has 0 atom stereocenters. The Bertz CT molecular complexity index is 1300. The van der Waals surface area contributed by atoms with Crippen molar-refractivity contribution in [3.05, 3.63) is 87.4 Å². The summed E-state index contributed by atoms with van der Waals surface area (Å²) in [6.07, 6.45) is -3.29. The minimum Gasteiger partial charge on any atom is -0.493 e. The second-order valence-corrected chi connectivity index (χ2v) is 7.97. The molecule has 3 rings (SSSR count). The summed E-state index contributed by atoms with van der Waals surface area (Å²) < 4.78 is 49.2. The number of hydrogen-bond acceptors (Lipinski definition) is 5. The molecule has 0 saturated heterocycles. The highest BCUT2D eigenvalue weighted by molar-refractivity contribution is 6.42. The number of amides is 2.